The van der Waals surface area contributed by atoms with Crippen molar-refractivity contribution < 1.29 is 14.0 Å². The van der Waals surface area contributed by atoms with E-state index in [0.29, 0.717) is 22.6 Å². The molecule has 2 heterocycles. The van der Waals surface area contributed by atoms with Gasteiger partial charge < -0.3 is 20.0 Å². The Hall–Kier alpha value is -4.32. The first-order valence-corrected chi connectivity index (χ1v) is 11.3. The molecule has 2 N–H and O–H groups in total. The van der Waals surface area contributed by atoms with Crippen LogP contribution in [0.5, 0.6) is 0 Å². The molecule has 3 aromatic carbocycles. The number of benzene rings is 3. The van der Waals surface area contributed by atoms with Gasteiger partial charge in [0.25, 0.3) is 11.8 Å². The van der Waals surface area contributed by atoms with E-state index in [1.54, 1.807) is 42.7 Å². The van der Waals surface area contributed by atoms with Gasteiger partial charge >= 0.3 is 0 Å². The monoisotopic (exact) mass is 451 g/mol. The summed E-state index contributed by atoms with van der Waals surface area (Å²) >= 11 is 0. The maximum Gasteiger partial charge on any atom is 0.255 e. The van der Waals surface area contributed by atoms with Crippen molar-refractivity contribution in [3.05, 3.63) is 119 Å². The molecule has 6 heteroatoms. The minimum absolute atomic E-state index is 0.260. The molecule has 0 saturated heterocycles. The number of hydrogen-bond acceptors (Lipinski definition) is 4. The largest absolute Gasteiger partial charge is 0.467 e. The van der Waals surface area contributed by atoms with E-state index < -0.39 is 0 Å². The summed E-state index contributed by atoms with van der Waals surface area (Å²) < 4.78 is 5.25. The molecule has 2 amide bonds. The standard InChI is InChI=1S/C28H25N3O3/c32-27(30-25-9-3-2-8-24(25)28(33)29-18-23-7-5-17-34-23)22-13-11-20(12-14-22)19-31-16-15-21-6-1-4-10-26(21)31/h1-14,17H,15-16,18-19H2,(H,29,33)(H,30,32). The molecule has 1 aliphatic heterocycles. The molecule has 0 fully saturated rings. The number of rotatable bonds is 7. The third kappa shape index (κ3) is 4.71. The first-order chi connectivity index (χ1) is 16.7. The predicted molar refractivity (Wildman–Crippen MR) is 132 cm³/mol. The number of hydrogen-bond donors (Lipinski definition) is 2. The minimum Gasteiger partial charge on any atom is -0.467 e. The maximum atomic E-state index is 12.9. The summed E-state index contributed by atoms with van der Waals surface area (Å²) in [4.78, 5) is 27.9. The highest BCUT2D eigenvalue weighted by Gasteiger charge is 2.19. The van der Waals surface area contributed by atoms with Crippen LogP contribution < -0.4 is 15.5 Å². The van der Waals surface area contributed by atoms with E-state index in [1.807, 2.05) is 24.3 Å². The summed E-state index contributed by atoms with van der Waals surface area (Å²) in [5.74, 6) is 0.116. The fraction of sp³-hybridized carbons (Fsp3) is 0.143. The third-order valence-corrected chi connectivity index (χ3v) is 6.00. The summed E-state index contributed by atoms with van der Waals surface area (Å²) in [6.07, 6.45) is 2.62. The van der Waals surface area contributed by atoms with Gasteiger partial charge in [0.15, 0.2) is 0 Å². The van der Waals surface area contributed by atoms with Crippen LogP contribution in [0, 0.1) is 0 Å². The molecular formula is C28H25N3O3. The van der Waals surface area contributed by atoms with E-state index in [9.17, 15) is 9.59 Å². The van der Waals surface area contributed by atoms with Crippen molar-refractivity contribution in [3.8, 4) is 0 Å². The summed E-state index contributed by atoms with van der Waals surface area (Å²) in [5, 5.41) is 5.69. The first kappa shape index (κ1) is 21.5. The van der Waals surface area contributed by atoms with Crippen LogP contribution in [-0.4, -0.2) is 18.4 Å². The van der Waals surface area contributed by atoms with Gasteiger partial charge in [-0.2, -0.15) is 0 Å². The smallest absolute Gasteiger partial charge is 0.255 e. The Morgan fingerprint density at radius 2 is 1.65 bits per heavy atom. The number of para-hydroxylation sites is 2. The number of fused-ring (bicyclic) bond motifs is 1. The summed E-state index contributed by atoms with van der Waals surface area (Å²) in [7, 11) is 0. The average molecular weight is 452 g/mol. The van der Waals surface area contributed by atoms with Gasteiger partial charge in [0.1, 0.15) is 5.76 Å². The van der Waals surface area contributed by atoms with Crippen LogP contribution in [0.3, 0.4) is 0 Å². The van der Waals surface area contributed by atoms with E-state index in [1.165, 1.54) is 11.3 Å². The summed E-state index contributed by atoms with van der Waals surface area (Å²) in [5.41, 5.74) is 5.20. The summed E-state index contributed by atoms with van der Waals surface area (Å²) in [6.45, 7) is 2.08. The van der Waals surface area contributed by atoms with Gasteiger partial charge in [-0.1, -0.05) is 42.5 Å². The van der Waals surface area contributed by atoms with Crippen LogP contribution in [0.1, 0.15) is 37.6 Å². The number of anilines is 2. The number of carbonyl (C=O) groups is 2. The van der Waals surface area contributed by atoms with Gasteiger partial charge in [-0.15, -0.1) is 0 Å². The Balaban J connectivity index is 1.23. The Labute approximate surface area is 198 Å². The van der Waals surface area contributed by atoms with Crippen molar-refractivity contribution in [1.29, 1.82) is 0 Å². The molecule has 5 rings (SSSR count). The van der Waals surface area contributed by atoms with Crippen molar-refractivity contribution in [2.75, 3.05) is 16.8 Å². The Kier molecular flexibility index (Phi) is 6.12. The molecule has 0 radical (unpaired) electrons. The van der Waals surface area contributed by atoms with E-state index in [-0.39, 0.29) is 18.4 Å². The van der Waals surface area contributed by atoms with E-state index >= 15 is 0 Å². The average Bonchev–Trinajstić information content (AvgIpc) is 3.54. The number of amides is 2. The molecule has 1 aliphatic rings. The lowest BCUT2D eigenvalue weighted by Gasteiger charge is -2.19. The molecule has 0 bridgehead atoms. The van der Waals surface area contributed by atoms with Gasteiger partial charge in [-0.05, 0) is 60.0 Å². The van der Waals surface area contributed by atoms with Crippen LogP contribution in [0.4, 0.5) is 11.4 Å². The SMILES string of the molecule is O=C(Nc1ccccc1C(=O)NCc1ccco1)c1ccc(CN2CCc3ccccc32)cc1. The number of furan rings is 1. The van der Waals surface area contributed by atoms with E-state index in [4.69, 9.17) is 4.42 Å². The molecule has 4 aromatic rings. The Bertz CT molecular complexity index is 1300. The zero-order chi connectivity index (χ0) is 23.3. The van der Waals surface area contributed by atoms with Crippen molar-refractivity contribution >= 4 is 23.2 Å². The zero-order valence-corrected chi connectivity index (χ0v) is 18.7. The van der Waals surface area contributed by atoms with Crippen molar-refractivity contribution in [3.63, 3.8) is 0 Å². The topological polar surface area (TPSA) is 74.6 Å². The molecule has 0 saturated carbocycles. The molecule has 1 aromatic heterocycles. The zero-order valence-electron chi connectivity index (χ0n) is 18.7. The highest BCUT2D eigenvalue weighted by Crippen LogP contribution is 2.28. The second-order valence-corrected chi connectivity index (χ2v) is 8.26. The van der Waals surface area contributed by atoms with Crippen LogP contribution in [0.25, 0.3) is 0 Å². The number of nitrogens with one attached hydrogen (secondary N) is 2. The molecule has 0 unspecified atom stereocenters. The number of nitrogens with zero attached hydrogens (tertiary/aromatic N) is 1. The van der Waals surface area contributed by atoms with Gasteiger partial charge in [-0.3, -0.25) is 9.59 Å². The van der Waals surface area contributed by atoms with Gasteiger partial charge in [-0.25, -0.2) is 0 Å². The maximum absolute atomic E-state index is 12.9. The number of carbonyl (C=O) groups excluding carboxylic acids is 2. The quantitative estimate of drug-likeness (QED) is 0.414. The third-order valence-electron chi connectivity index (χ3n) is 6.00. The molecule has 0 atom stereocenters. The van der Waals surface area contributed by atoms with Crippen LogP contribution in [0.15, 0.2) is 95.6 Å². The van der Waals surface area contributed by atoms with Crippen molar-refractivity contribution in [2.24, 2.45) is 0 Å². The second-order valence-electron chi connectivity index (χ2n) is 8.26. The summed E-state index contributed by atoms with van der Waals surface area (Å²) in [6, 6.07) is 26.6. The minimum atomic E-state index is -0.284. The molecule has 0 spiro atoms. The fourth-order valence-electron chi connectivity index (χ4n) is 4.21. The second kappa shape index (κ2) is 9.67. The first-order valence-electron chi connectivity index (χ1n) is 11.3. The Morgan fingerprint density at radius 1 is 0.853 bits per heavy atom. The molecular weight excluding hydrogens is 426 g/mol. The molecule has 170 valence electrons. The van der Waals surface area contributed by atoms with Crippen LogP contribution >= 0.6 is 0 Å². The van der Waals surface area contributed by atoms with Crippen molar-refractivity contribution in [2.45, 2.75) is 19.5 Å². The van der Waals surface area contributed by atoms with E-state index in [2.05, 4.69) is 39.8 Å². The highest BCUT2D eigenvalue weighted by atomic mass is 16.3. The molecule has 6 nitrogen and oxygen atoms in total. The predicted octanol–water partition coefficient (Wildman–Crippen LogP) is 5.02. The van der Waals surface area contributed by atoms with Crippen molar-refractivity contribution in [1.82, 2.24) is 5.32 Å². The molecule has 34 heavy (non-hydrogen) atoms. The van der Waals surface area contributed by atoms with Gasteiger partial charge in [0.2, 0.25) is 0 Å². The van der Waals surface area contributed by atoms with Gasteiger partial charge in [0, 0.05) is 24.3 Å². The van der Waals surface area contributed by atoms with Crippen LogP contribution in [-0.2, 0) is 19.5 Å². The van der Waals surface area contributed by atoms with Crippen LogP contribution in [0.2, 0.25) is 0 Å². The lowest BCUT2D eigenvalue weighted by Crippen LogP contribution is -2.24. The molecule has 0 aliphatic carbocycles. The lowest BCUT2D eigenvalue weighted by atomic mass is 10.1. The van der Waals surface area contributed by atoms with E-state index in [0.717, 1.165) is 25.1 Å². The normalized spacial score (nSPS) is 12.3. The van der Waals surface area contributed by atoms with Gasteiger partial charge in [0.05, 0.1) is 24.1 Å². The Morgan fingerprint density at radius 3 is 2.47 bits per heavy atom. The fourth-order valence-corrected chi connectivity index (χ4v) is 4.21. The lowest BCUT2D eigenvalue weighted by molar-refractivity contribution is 0.0949. The highest BCUT2D eigenvalue weighted by molar-refractivity contribution is 6.09.